The molecule has 4 nitrogen and oxygen atoms in total. The van der Waals surface area contributed by atoms with Crippen LogP contribution in [0.4, 0.5) is 26.1 Å². The summed E-state index contributed by atoms with van der Waals surface area (Å²) in [6.45, 7) is 5.63. The van der Waals surface area contributed by atoms with Crippen LogP contribution >= 0.6 is 0 Å². The lowest BCUT2D eigenvalue weighted by Crippen LogP contribution is -2.08. The summed E-state index contributed by atoms with van der Waals surface area (Å²) in [6.07, 6.45) is 0. The Morgan fingerprint density at radius 1 is 1.10 bits per heavy atom. The van der Waals surface area contributed by atoms with Gasteiger partial charge in [-0.2, -0.15) is 0 Å². The number of nitrogens with two attached hydrogens (primary N) is 1. The van der Waals surface area contributed by atoms with E-state index in [2.05, 4.69) is 15.3 Å². The quantitative estimate of drug-likeness (QED) is 0.901. The molecule has 0 aliphatic heterocycles. The second-order valence-electron chi connectivity index (χ2n) is 4.88. The first kappa shape index (κ1) is 14.2. The molecule has 2 rings (SSSR count). The Morgan fingerprint density at radius 2 is 1.70 bits per heavy atom. The fourth-order valence-corrected chi connectivity index (χ4v) is 1.69. The molecule has 2 aromatic rings. The van der Waals surface area contributed by atoms with Crippen molar-refractivity contribution in [1.82, 2.24) is 9.97 Å². The number of hydrogen-bond acceptors (Lipinski definition) is 4. The molecule has 0 unspecified atom stereocenters. The SMILES string of the molecule is Cc1c(N)nc(C(C)C)nc1Nc1cc(F)cc(F)c1. The minimum Gasteiger partial charge on any atom is -0.383 e. The Balaban J connectivity index is 2.42. The number of rotatable bonds is 3. The van der Waals surface area contributed by atoms with Gasteiger partial charge in [0.25, 0.3) is 0 Å². The van der Waals surface area contributed by atoms with Crippen LogP contribution in [0, 0.1) is 18.6 Å². The van der Waals surface area contributed by atoms with E-state index in [1.165, 1.54) is 12.1 Å². The molecule has 0 amide bonds. The number of benzene rings is 1. The van der Waals surface area contributed by atoms with Crippen molar-refractivity contribution in [2.75, 3.05) is 11.1 Å². The molecule has 0 spiro atoms. The summed E-state index contributed by atoms with van der Waals surface area (Å²) in [7, 11) is 0. The molecular formula is C14H16F2N4. The first-order valence-corrected chi connectivity index (χ1v) is 6.24. The van der Waals surface area contributed by atoms with Crippen molar-refractivity contribution < 1.29 is 8.78 Å². The predicted molar refractivity (Wildman–Crippen MR) is 74.9 cm³/mol. The minimum atomic E-state index is -0.656. The van der Waals surface area contributed by atoms with Crippen molar-refractivity contribution in [3.05, 3.63) is 41.2 Å². The fraction of sp³-hybridized carbons (Fsp3) is 0.286. The summed E-state index contributed by atoms with van der Waals surface area (Å²) in [5.74, 6) is 0.164. The fourth-order valence-electron chi connectivity index (χ4n) is 1.69. The zero-order valence-corrected chi connectivity index (χ0v) is 11.5. The van der Waals surface area contributed by atoms with Crippen LogP contribution in [0.1, 0.15) is 31.2 Å². The summed E-state index contributed by atoms with van der Waals surface area (Å²) < 4.78 is 26.4. The van der Waals surface area contributed by atoms with Crippen molar-refractivity contribution in [1.29, 1.82) is 0 Å². The van der Waals surface area contributed by atoms with Crippen LogP contribution in [-0.4, -0.2) is 9.97 Å². The zero-order valence-electron chi connectivity index (χ0n) is 11.5. The number of anilines is 3. The summed E-state index contributed by atoms with van der Waals surface area (Å²) in [5, 5.41) is 2.88. The molecule has 0 aliphatic carbocycles. The first-order chi connectivity index (χ1) is 9.36. The van der Waals surface area contributed by atoms with E-state index in [0.29, 0.717) is 23.0 Å². The summed E-state index contributed by atoms with van der Waals surface area (Å²) in [4.78, 5) is 8.53. The molecule has 0 aliphatic rings. The Kier molecular flexibility index (Phi) is 3.83. The molecule has 1 aromatic carbocycles. The van der Waals surface area contributed by atoms with Gasteiger partial charge in [-0.05, 0) is 19.1 Å². The highest BCUT2D eigenvalue weighted by atomic mass is 19.1. The van der Waals surface area contributed by atoms with Crippen molar-refractivity contribution in [3.8, 4) is 0 Å². The van der Waals surface area contributed by atoms with Crippen molar-refractivity contribution >= 4 is 17.3 Å². The maximum absolute atomic E-state index is 13.2. The zero-order chi connectivity index (χ0) is 14.9. The number of aromatic nitrogens is 2. The Bertz CT molecular complexity index is 621. The molecule has 6 heteroatoms. The Morgan fingerprint density at radius 3 is 2.25 bits per heavy atom. The molecule has 1 heterocycles. The normalized spacial score (nSPS) is 10.9. The topological polar surface area (TPSA) is 63.8 Å². The lowest BCUT2D eigenvalue weighted by atomic mass is 10.2. The maximum Gasteiger partial charge on any atom is 0.139 e. The van der Waals surface area contributed by atoms with E-state index in [1.54, 1.807) is 6.92 Å². The molecule has 0 bridgehead atoms. The number of halogens is 2. The number of nitrogens with zero attached hydrogens (tertiary/aromatic N) is 2. The average Bonchev–Trinajstić information content (AvgIpc) is 2.33. The van der Waals surface area contributed by atoms with Crippen molar-refractivity contribution in [2.24, 2.45) is 0 Å². The monoisotopic (exact) mass is 278 g/mol. The van der Waals surface area contributed by atoms with Crippen molar-refractivity contribution in [3.63, 3.8) is 0 Å². The van der Waals surface area contributed by atoms with Crippen LogP contribution in [-0.2, 0) is 0 Å². The largest absolute Gasteiger partial charge is 0.383 e. The highest BCUT2D eigenvalue weighted by Gasteiger charge is 2.12. The molecular weight excluding hydrogens is 262 g/mol. The van der Waals surface area contributed by atoms with Crippen LogP contribution in [0.3, 0.4) is 0 Å². The van der Waals surface area contributed by atoms with Crippen LogP contribution < -0.4 is 11.1 Å². The number of nitrogens with one attached hydrogen (secondary N) is 1. The van der Waals surface area contributed by atoms with Gasteiger partial charge in [-0.1, -0.05) is 13.8 Å². The first-order valence-electron chi connectivity index (χ1n) is 6.24. The lowest BCUT2D eigenvalue weighted by Gasteiger charge is -2.13. The maximum atomic E-state index is 13.2. The van der Waals surface area contributed by atoms with Crippen LogP contribution in [0.15, 0.2) is 18.2 Å². The highest BCUT2D eigenvalue weighted by molar-refractivity contribution is 5.63. The molecule has 0 saturated carbocycles. The molecule has 0 radical (unpaired) electrons. The van der Waals surface area contributed by atoms with E-state index in [0.717, 1.165) is 6.07 Å². The molecule has 20 heavy (non-hydrogen) atoms. The smallest absolute Gasteiger partial charge is 0.139 e. The molecule has 0 fully saturated rings. The summed E-state index contributed by atoms with van der Waals surface area (Å²) in [5.41, 5.74) is 6.75. The standard InChI is InChI=1S/C14H16F2N4/c1-7(2)13-19-12(17)8(3)14(20-13)18-11-5-9(15)4-10(16)6-11/h4-7H,1-3H3,(H3,17,18,19,20). The molecule has 1 aromatic heterocycles. The lowest BCUT2D eigenvalue weighted by molar-refractivity contribution is 0.584. The van der Waals surface area contributed by atoms with E-state index in [9.17, 15) is 8.78 Å². The average molecular weight is 278 g/mol. The second kappa shape index (κ2) is 5.40. The van der Waals surface area contributed by atoms with Crippen LogP contribution in [0.5, 0.6) is 0 Å². The minimum absolute atomic E-state index is 0.0997. The number of nitrogen functional groups attached to an aromatic ring is 1. The van der Waals surface area contributed by atoms with E-state index in [4.69, 9.17) is 5.73 Å². The van der Waals surface area contributed by atoms with Gasteiger partial charge in [0.1, 0.15) is 29.1 Å². The van der Waals surface area contributed by atoms with Crippen molar-refractivity contribution in [2.45, 2.75) is 26.7 Å². The third kappa shape index (κ3) is 3.01. The van der Waals surface area contributed by atoms with Crippen LogP contribution in [0.2, 0.25) is 0 Å². The van der Waals surface area contributed by atoms with E-state index < -0.39 is 11.6 Å². The molecule has 0 saturated heterocycles. The van der Waals surface area contributed by atoms with Gasteiger partial charge in [-0.15, -0.1) is 0 Å². The van der Waals surface area contributed by atoms with E-state index >= 15 is 0 Å². The predicted octanol–water partition coefficient (Wildman–Crippen LogP) is 3.51. The Labute approximate surface area is 116 Å². The Hall–Kier alpha value is -2.24. The van der Waals surface area contributed by atoms with Gasteiger partial charge < -0.3 is 11.1 Å². The third-order valence-electron chi connectivity index (χ3n) is 2.84. The molecule has 106 valence electrons. The number of hydrogen-bond donors (Lipinski definition) is 2. The van der Waals surface area contributed by atoms with Gasteiger partial charge in [-0.3, -0.25) is 0 Å². The second-order valence-corrected chi connectivity index (χ2v) is 4.88. The van der Waals surface area contributed by atoms with Crippen LogP contribution in [0.25, 0.3) is 0 Å². The van der Waals surface area contributed by atoms with Gasteiger partial charge in [-0.25, -0.2) is 18.7 Å². The molecule has 0 atom stereocenters. The van der Waals surface area contributed by atoms with Gasteiger partial charge in [0, 0.05) is 23.2 Å². The summed E-state index contributed by atoms with van der Waals surface area (Å²) >= 11 is 0. The van der Waals surface area contributed by atoms with Gasteiger partial charge in [0.15, 0.2) is 0 Å². The molecule has 3 N–H and O–H groups in total. The van der Waals surface area contributed by atoms with E-state index in [-0.39, 0.29) is 11.6 Å². The third-order valence-corrected chi connectivity index (χ3v) is 2.84. The van der Waals surface area contributed by atoms with E-state index in [1.807, 2.05) is 13.8 Å². The summed E-state index contributed by atoms with van der Waals surface area (Å²) in [6, 6.07) is 3.19. The van der Waals surface area contributed by atoms with Gasteiger partial charge in [0.2, 0.25) is 0 Å². The van der Waals surface area contributed by atoms with Gasteiger partial charge >= 0.3 is 0 Å². The highest BCUT2D eigenvalue weighted by Crippen LogP contribution is 2.25. The van der Waals surface area contributed by atoms with Gasteiger partial charge in [0.05, 0.1) is 0 Å².